The van der Waals surface area contributed by atoms with Crippen molar-refractivity contribution >= 4 is 15.9 Å². The molecule has 1 aliphatic carbocycles. The lowest BCUT2D eigenvalue weighted by Gasteiger charge is -2.34. The van der Waals surface area contributed by atoms with Gasteiger partial charge in [-0.1, -0.05) is 34.1 Å². The normalized spacial score (nSPS) is 22.1. The quantitative estimate of drug-likeness (QED) is 0.843. The minimum Gasteiger partial charge on any atom is -0.385 e. The molecular formula is C16H14BrFO. The smallest absolute Gasteiger partial charge is 0.123 e. The Morgan fingerprint density at radius 3 is 2.53 bits per heavy atom. The highest BCUT2D eigenvalue weighted by Crippen LogP contribution is 2.37. The van der Waals surface area contributed by atoms with Gasteiger partial charge in [-0.25, -0.2) is 4.39 Å². The molecule has 1 atom stereocenters. The van der Waals surface area contributed by atoms with Crippen molar-refractivity contribution in [2.75, 3.05) is 0 Å². The van der Waals surface area contributed by atoms with Crippen LogP contribution in [-0.4, -0.2) is 5.11 Å². The van der Waals surface area contributed by atoms with Crippen molar-refractivity contribution in [1.82, 2.24) is 0 Å². The van der Waals surface area contributed by atoms with Gasteiger partial charge in [-0.05, 0) is 53.8 Å². The molecule has 0 heterocycles. The van der Waals surface area contributed by atoms with E-state index in [9.17, 15) is 9.50 Å². The fraction of sp³-hybridized carbons (Fsp3) is 0.250. The Bertz CT molecular complexity index is 609. The van der Waals surface area contributed by atoms with E-state index in [1.54, 1.807) is 12.1 Å². The van der Waals surface area contributed by atoms with Crippen molar-refractivity contribution < 1.29 is 9.50 Å². The van der Waals surface area contributed by atoms with Gasteiger partial charge in [0.15, 0.2) is 0 Å². The molecule has 3 heteroatoms. The van der Waals surface area contributed by atoms with Gasteiger partial charge in [0.1, 0.15) is 5.82 Å². The van der Waals surface area contributed by atoms with E-state index >= 15 is 0 Å². The molecule has 0 amide bonds. The predicted octanol–water partition coefficient (Wildman–Crippen LogP) is 3.96. The molecule has 1 aliphatic rings. The maximum atomic E-state index is 13.0. The number of hydrogen-bond acceptors (Lipinski definition) is 1. The van der Waals surface area contributed by atoms with Crippen molar-refractivity contribution in [3.8, 4) is 0 Å². The summed E-state index contributed by atoms with van der Waals surface area (Å²) in [6.07, 6.45) is 2.09. The van der Waals surface area contributed by atoms with E-state index in [1.165, 1.54) is 23.3 Å². The average Bonchev–Trinajstić information content (AvgIpc) is 2.40. The van der Waals surface area contributed by atoms with Gasteiger partial charge in [0.2, 0.25) is 0 Å². The summed E-state index contributed by atoms with van der Waals surface area (Å²) in [5.74, 6) is -0.271. The largest absolute Gasteiger partial charge is 0.385 e. The van der Waals surface area contributed by atoms with Crippen LogP contribution in [-0.2, 0) is 18.4 Å². The maximum Gasteiger partial charge on any atom is 0.123 e. The molecule has 0 aromatic heterocycles. The maximum absolute atomic E-state index is 13.0. The van der Waals surface area contributed by atoms with Crippen LogP contribution in [0.25, 0.3) is 0 Å². The molecule has 3 rings (SSSR count). The highest BCUT2D eigenvalue weighted by atomic mass is 79.9. The lowest BCUT2D eigenvalue weighted by Crippen LogP contribution is -2.33. The van der Waals surface area contributed by atoms with E-state index in [0.29, 0.717) is 12.8 Å². The molecule has 0 bridgehead atoms. The van der Waals surface area contributed by atoms with E-state index < -0.39 is 5.60 Å². The van der Waals surface area contributed by atoms with Gasteiger partial charge in [-0.2, -0.15) is 0 Å². The topological polar surface area (TPSA) is 20.2 Å². The summed E-state index contributed by atoms with van der Waals surface area (Å²) in [5, 5.41) is 10.8. The Morgan fingerprint density at radius 2 is 1.79 bits per heavy atom. The van der Waals surface area contributed by atoms with Crippen LogP contribution in [0.15, 0.2) is 46.9 Å². The van der Waals surface area contributed by atoms with Gasteiger partial charge >= 0.3 is 0 Å². The zero-order valence-electron chi connectivity index (χ0n) is 10.4. The van der Waals surface area contributed by atoms with Crippen LogP contribution in [0, 0.1) is 5.82 Å². The molecule has 2 aromatic rings. The van der Waals surface area contributed by atoms with E-state index in [0.717, 1.165) is 16.5 Å². The number of halogens is 2. The summed E-state index contributed by atoms with van der Waals surface area (Å²) in [6.45, 7) is 0. The van der Waals surface area contributed by atoms with Gasteiger partial charge < -0.3 is 5.11 Å². The zero-order chi connectivity index (χ0) is 13.5. The second-order valence-electron chi connectivity index (χ2n) is 5.13. The van der Waals surface area contributed by atoms with Crippen molar-refractivity contribution in [2.45, 2.75) is 24.9 Å². The van der Waals surface area contributed by atoms with Crippen LogP contribution in [0.2, 0.25) is 0 Å². The second-order valence-corrected chi connectivity index (χ2v) is 6.04. The van der Waals surface area contributed by atoms with Crippen LogP contribution >= 0.6 is 15.9 Å². The van der Waals surface area contributed by atoms with Crippen LogP contribution in [0.3, 0.4) is 0 Å². The first-order chi connectivity index (χ1) is 9.07. The van der Waals surface area contributed by atoms with Crippen molar-refractivity contribution in [3.05, 3.63) is 69.4 Å². The third kappa shape index (κ3) is 2.45. The first-order valence-corrected chi connectivity index (χ1v) is 7.12. The second kappa shape index (κ2) is 4.73. The van der Waals surface area contributed by atoms with Gasteiger partial charge in [0.05, 0.1) is 5.60 Å². The van der Waals surface area contributed by atoms with Crippen LogP contribution in [0.5, 0.6) is 0 Å². The summed E-state index contributed by atoms with van der Waals surface area (Å²) in [4.78, 5) is 0. The van der Waals surface area contributed by atoms with Crippen molar-refractivity contribution in [1.29, 1.82) is 0 Å². The van der Waals surface area contributed by atoms with Crippen molar-refractivity contribution in [2.24, 2.45) is 0 Å². The molecule has 2 aromatic carbocycles. The fourth-order valence-corrected chi connectivity index (χ4v) is 3.16. The number of aliphatic hydroxyl groups is 1. The lowest BCUT2D eigenvalue weighted by molar-refractivity contribution is 0.0222. The molecule has 0 aliphatic heterocycles. The standard InChI is InChI=1S/C16H14BrFO/c17-14-4-1-12-10-16(19,8-7-11(12)9-14)13-2-5-15(18)6-3-13/h1-6,9,19H,7-8,10H2. The van der Waals surface area contributed by atoms with Gasteiger partial charge in [0, 0.05) is 10.9 Å². The average molecular weight is 321 g/mol. The van der Waals surface area contributed by atoms with E-state index in [1.807, 2.05) is 12.1 Å². The number of hydrogen-bond donors (Lipinski definition) is 1. The first-order valence-electron chi connectivity index (χ1n) is 6.33. The summed E-state index contributed by atoms with van der Waals surface area (Å²) in [5.41, 5.74) is 2.36. The van der Waals surface area contributed by atoms with Crippen LogP contribution in [0.4, 0.5) is 4.39 Å². The Hall–Kier alpha value is -1.19. The summed E-state index contributed by atoms with van der Waals surface area (Å²) in [7, 11) is 0. The molecule has 0 saturated heterocycles. The van der Waals surface area contributed by atoms with Gasteiger partial charge in [-0.15, -0.1) is 0 Å². The Morgan fingerprint density at radius 1 is 1.05 bits per heavy atom. The Kier molecular flexibility index (Phi) is 3.19. The van der Waals surface area contributed by atoms with Crippen LogP contribution in [0.1, 0.15) is 23.1 Å². The number of rotatable bonds is 1. The number of benzene rings is 2. The predicted molar refractivity (Wildman–Crippen MR) is 76.5 cm³/mol. The third-order valence-electron chi connectivity index (χ3n) is 3.84. The molecule has 0 spiro atoms. The first kappa shape index (κ1) is 12.8. The molecular weight excluding hydrogens is 307 g/mol. The highest BCUT2D eigenvalue weighted by molar-refractivity contribution is 9.10. The van der Waals surface area contributed by atoms with Crippen LogP contribution < -0.4 is 0 Å². The molecule has 1 nitrogen and oxygen atoms in total. The molecule has 0 radical (unpaired) electrons. The monoisotopic (exact) mass is 320 g/mol. The Balaban J connectivity index is 1.95. The summed E-state index contributed by atoms with van der Waals surface area (Å²) in [6, 6.07) is 12.3. The molecule has 0 saturated carbocycles. The molecule has 0 fully saturated rings. The van der Waals surface area contributed by atoms with Gasteiger partial charge in [0.25, 0.3) is 0 Å². The number of aryl methyl sites for hydroxylation is 1. The van der Waals surface area contributed by atoms with E-state index in [-0.39, 0.29) is 5.82 Å². The Labute approximate surface area is 120 Å². The fourth-order valence-electron chi connectivity index (χ4n) is 2.75. The minimum atomic E-state index is -0.880. The summed E-state index contributed by atoms with van der Waals surface area (Å²) >= 11 is 3.47. The van der Waals surface area contributed by atoms with Gasteiger partial charge in [-0.3, -0.25) is 0 Å². The molecule has 19 heavy (non-hydrogen) atoms. The highest BCUT2D eigenvalue weighted by Gasteiger charge is 2.33. The minimum absolute atomic E-state index is 0.271. The zero-order valence-corrected chi connectivity index (χ0v) is 12.0. The SMILES string of the molecule is OC1(c2ccc(F)cc2)CCc2cc(Br)ccc2C1. The van der Waals surface area contributed by atoms with E-state index in [2.05, 4.69) is 22.0 Å². The molecule has 98 valence electrons. The molecule has 1 unspecified atom stereocenters. The molecule has 1 N–H and O–H groups in total. The number of fused-ring (bicyclic) bond motifs is 1. The lowest BCUT2D eigenvalue weighted by atomic mass is 9.76. The van der Waals surface area contributed by atoms with E-state index in [4.69, 9.17) is 0 Å². The summed E-state index contributed by atoms with van der Waals surface area (Å²) < 4.78 is 14.0. The van der Waals surface area contributed by atoms with Crippen molar-refractivity contribution in [3.63, 3.8) is 0 Å². The third-order valence-corrected chi connectivity index (χ3v) is 4.33.